The van der Waals surface area contributed by atoms with Gasteiger partial charge >= 0.3 is 5.97 Å². The number of fused-ring (bicyclic) bond motifs is 1. The number of anilines is 2. The summed E-state index contributed by atoms with van der Waals surface area (Å²) in [6.45, 7) is 7.55. The van der Waals surface area contributed by atoms with Gasteiger partial charge in [0.05, 0.1) is 6.61 Å². The van der Waals surface area contributed by atoms with Crippen LogP contribution in [0.15, 0.2) is 71.9 Å². The lowest BCUT2D eigenvalue weighted by Gasteiger charge is -2.17. The highest BCUT2D eigenvalue weighted by molar-refractivity contribution is 6.23. The number of carbonyl (C=O) groups excluding carboxylic acids is 2. The molecule has 0 unspecified atom stereocenters. The average molecular weight is 402 g/mol. The van der Waals surface area contributed by atoms with Crippen molar-refractivity contribution in [2.75, 3.05) is 17.2 Å². The molecule has 0 fully saturated rings. The standard InChI is InChI=1S/C25H26N2O3/c1-5-30-25(29)22(18(4)26-23-16(2)10-8-11-17(23)3)24(28)27-21-15-9-13-19-12-6-7-14-20(19)21/h6-15,26H,5H2,1-4H3,(H,27,28)/b22-18+. The second-order valence-electron chi connectivity index (χ2n) is 7.09. The van der Waals surface area contributed by atoms with Crippen molar-refractivity contribution in [1.82, 2.24) is 0 Å². The molecule has 5 heteroatoms. The first-order valence-electron chi connectivity index (χ1n) is 9.92. The van der Waals surface area contributed by atoms with Gasteiger partial charge in [-0.25, -0.2) is 4.79 Å². The molecule has 3 rings (SSSR count). The van der Waals surface area contributed by atoms with E-state index in [-0.39, 0.29) is 12.2 Å². The van der Waals surface area contributed by atoms with Crippen molar-refractivity contribution in [2.45, 2.75) is 27.7 Å². The third kappa shape index (κ3) is 4.51. The molecule has 0 bridgehead atoms. The lowest BCUT2D eigenvalue weighted by molar-refractivity contribution is -0.139. The minimum Gasteiger partial charge on any atom is -0.462 e. The largest absolute Gasteiger partial charge is 0.462 e. The summed E-state index contributed by atoms with van der Waals surface area (Å²) >= 11 is 0. The van der Waals surface area contributed by atoms with E-state index < -0.39 is 11.9 Å². The number of hydrogen-bond donors (Lipinski definition) is 2. The fourth-order valence-electron chi connectivity index (χ4n) is 3.40. The first-order valence-corrected chi connectivity index (χ1v) is 9.92. The number of aryl methyl sites for hydroxylation is 2. The molecular weight excluding hydrogens is 376 g/mol. The smallest absolute Gasteiger partial charge is 0.345 e. The Kier molecular flexibility index (Phi) is 6.52. The maximum absolute atomic E-state index is 13.2. The van der Waals surface area contributed by atoms with Gasteiger partial charge in [0.25, 0.3) is 5.91 Å². The number of amides is 1. The molecule has 0 heterocycles. The molecule has 5 nitrogen and oxygen atoms in total. The van der Waals surface area contributed by atoms with Crippen LogP contribution in [0.1, 0.15) is 25.0 Å². The summed E-state index contributed by atoms with van der Waals surface area (Å²) in [4.78, 5) is 25.8. The Balaban J connectivity index is 1.99. The number of para-hydroxylation sites is 1. The van der Waals surface area contributed by atoms with Crippen LogP contribution in [0.25, 0.3) is 10.8 Å². The van der Waals surface area contributed by atoms with Crippen LogP contribution in [0, 0.1) is 13.8 Å². The van der Waals surface area contributed by atoms with Crippen LogP contribution in [0.4, 0.5) is 11.4 Å². The van der Waals surface area contributed by atoms with E-state index in [4.69, 9.17) is 4.74 Å². The lowest BCUT2D eigenvalue weighted by Crippen LogP contribution is -2.25. The van der Waals surface area contributed by atoms with Crippen LogP contribution in [-0.2, 0) is 14.3 Å². The Hall–Kier alpha value is -3.60. The molecule has 0 spiro atoms. The van der Waals surface area contributed by atoms with E-state index in [9.17, 15) is 9.59 Å². The molecule has 0 radical (unpaired) electrons. The van der Waals surface area contributed by atoms with Crippen molar-refractivity contribution in [2.24, 2.45) is 0 Å². The van der Waals surface area contributed by atoms with Gasteiger partial charge in [0.15, 0.2) is 0 Å². The molecular formula is C25H26N2O3. The Morgan fingerprint density at radius 1 is 0.867 bits per heavy atom. The molecule has 0 aromatic heterocycles. The molecule has 2 N–H and O–H groups in total. The van der Waals surface area contributed by atoms with Crippen molar-refractivity contribution in [3.8, 4) is 0 Å². The van der Waals surface area contributed by atoms with Gasteiger partial charge in [0.2, 0.25) is 0 Å². The third-order valence-electron chi connectivity index (χ3n) is 4.91. The van der Waals surface area contributed by atoms with Crippen LogP contribution >= 0.6 is 0 Å². The number of nitrogens with one attached hydrogen (secondary N) is 2. The van der Waals surface area contributed by atoms with Gasteiger partial charge in [-0.05, 0) is 50.3 Å². The lowest BCUT2D eigenvalue weighted by atomic mass is 10.1. The predicted molar refractivity (Wildman–Crippen MR) is 121 cm³/mol. The number of hydrogen-bond acceptors (Lipinski definition) is 4. The second kappa shape index (κ2) is 9.27. The van der Waals surface area contributed by atoms with Crippen LogP contribution in [0.3, 0.4) is 0 Å². The summed E-state index contributed by atoms with van der Waals surface area (Å²) in [5.74, 6) is -1.17. The fourth-order valence-corrected chi connectivity index (χ4v) is 3.40. The molecule has 0 aliphatic carbocycles. The highest BCUT2D eigenvalue weighted by atomic mass is 16.5. The normalized spacial score (nSPS) is 11.6. The number of esters is 1. The predicted octanol–water partition coefficient (Wildman–Crippen LogP) is 5.34. The molecule has 0 aliphatic rings. The summed E-state index contributed by atoms with van der Waals surface area (Å²) in [6, 6.07) is 19.3. The topological polar surface area (TPSA) is 67.4 Å². The van der Waals surface area contributed by atoms with E-state index in [1.54, 1.807) is 13.8 Å². The Morgan fingerprint density at radius 2 is 1.50 bits per heavy atom. The van der Waals surface area contributed by atoms with Gasteiger partial charge in [-0.1, -0.05) is 54.6 Å². The van der Waals surface area contributed by atoms with Gasteiger partial charge in [-0.3, -0.25) is 4.79 Å². The average Bonchev–Trinajstić information content (AvgIpc) is 2.71. The van der Waals surface area contributed by atoms with E-state index in [2.05, 4.69) is 10.6 Å². The molecule has 0 aliphatic heterocycles. The fraction of sp³-hybridized carbons (Fsp3) is 0.200. The molecule has 1 amide bonds. The quantitative estimate of drug-likeness (QED) is 0.253. The summed E-state index contributed by atoms with van der Waals surface area (Å²) in [6.07, 6.45) is 0. The van der Waals surface area contributed by atoms with Crippen LogP contribution in [0.2, 0.25) is 0 Å². The minimum atomic E-state index is -0.661. The van der Waals surface area contributed by atoms with E-state index in [1.807, 2.05) is 74.5 Å². The van der Waals surface area contributed by atoms with Crippen molar-refractivity contribution < 1.29 is 14.3 Å². The Bertz CT molecular complexity index is 1110. The molecule has 0 saturated heterocycles. The summed E-state index contributed by atoms with van der Waals surface area (Å²) < 4.78 is 5.17. The van der Waals surface area contributed by atoms with Gasteiger partial charge in [0, 0.05) is 22.5 Å². The first-order chi connectivity index (χ1) is 14.4. The zero-order valence-electron chi connectivity index (χ0n) is 17.7. The van der Waals surface area contributed by atoms with Crippen molar-refractivity contribution in [3.05, 3.63) is 83.1 Å². The van der Waals surface area contributed by atoms with E-state index in [1.165, 1.54) is 0 Å². The molecule has 3 aromatic carbocycles. The minimum absolute atomic E-state index is 0.0487. The number of benzene rings is 3. The maximum Gasteiger partial charge on any atom is 0.345 e. The van der Waals surface area contributed by atoms with Crippen LogP contribution < -0.4 is 10.6 Å². The van der Waals surface area contributed by atoms with Gasteiger partial charge in [-0.15, -0.1) is 0 Å². The monoisotopic (exact) mass is 402 g/mol. The first kappa shape index (κ1) is 21.1. The number of rotatable bonds is 6. The van der Waals surface area contributed by atoms with Crippen molar-refractivity contribution in [1.29, 1.82) is 0 Å². The number of carbonyl (C=O) groups is 2. The van der Waals surface area contributed by atoms with Gasteiger partial charge in [0.1, 0.15) is 5.57 Å². The van der Waals surface area contributed by atoms with Gasteiger partial charge < -0.3 is 15.4 Å². The van der Waals surface area contributed by atoms with Crippen LogP contribution in [0.5, 0.6) is 0 Å². The molecule has 154 valence electrons. The van der Waals surface area contributed by atoms with Crippen molar-refractivity contribution >= 4 is 34.0 Å². The Labute approximate surface area is 176 Å². The van der Waals surface area contributed by atoms with Gasteiger partial charge in [-0.2, -0.15) is 0 Å². The molecule has 0 atom stereocenters. The van der Waals surface area contributed by atoms with Crippen molar-refractivity contribution in [3.63, 3.8) is 0 Å². The highest BCUT2D eigenvalue weighted by Gasteiger charge is 2.24. The second-order valence-corrected chi connectivity index (χ2v) is 7.09. The van der Waals surface area contributed by atoms with E-state index >= 15 is 0 Å². The zero-order chi connectivity index (χ0) is 21.7. The van der Waals surface area contributed by atoms with E-state index in [0.717, 1.165) is 27.6 Å². The summed E-state index contributed by atoms with van der Waals surface area (Å²) in [7, 11) is 0. The SMILES string of the molecule is CCOC(=O)/C(C(=O)Nc1cccc2ccccc12)=C(\C)Nc1c(C)cccc1C. The molecule has 0 saturated carbocycles. The number of ether oxygens (including phenoxy) is 1. The van der Waals surface area contributed by atoms with E-state index in [0.29, 0.717) is 11.4 Å². The molecule has 3 aromatic rings. The third-order valence-corrected chi connectivity index (χ3v) is 4.91. The Morgan fingerprint density at radius 3 is 2.20 bits per heavy atom. The highest BCUT2D eigenvalue weighted by Crippen LogP contribution is 2.25. The summed E-state index contributed by atoms with van der Waals surface area (Å²) in [5.41, 5.74) is 3.93. The number of allylic oxidation sites excluding steroid dienone is 1. The molecule has 30 heavy (non-hydrogen) atoms. The summed E-state index contributed by atoms with van der Waals surface area (Å²) in [5, 5.41) is 8.02. The maximum atomic E-state index is 13.2. The van der Waals surface area contributed by atoms with Crippen LogP contribution in [-0.4, -0.2) is 18.5 Å². The zero-order valence-corrected chi connectivity index (χ0v) is 17.7.